The van der Waals surface area contributed by atoms with Crippen LogP contribution in [0.5, 0.6) is 11.5 Å². The number of methoxy groups -OCH3 is 1. The Morgan fingerprint density at radius 3 is 2.19 bits per heavy atom. The van der Waals surface area contributed by atoms with Crippen molar-refractivity contribution in [3.8, 4) is 11.5 Å². The standard InChI is InChI=1S/C21H28N2O3/c1-5-23(16(2)3)18-8-6-17(7-9-18)21(24)22-14-15-26-20-12-10-19(25-4)11-13-20/h6-13,16H,5,14-15H2,1-4H3,(H,22,24). The summed E-state index contributed by atoms with van der Waals surface area (Å²) in [6.07, 6.45) is 0. The predicted molar refractivity (Wildman–Crippen MR) is 105 cm³/mol. The lowest BCUT2D eigenvalue weighted by Crippen LogP contribution is -2.30. The number of hydrogen-bond donors (Lipinski definition) is 1. The molecule has 0 fully saturated rings. The molecule has 5 nitrogen and oxygen atoms in total. The van der Waals surface area contributed by atoms with Crippen molar-refractivity contribution in [2.75, 3.05) is 31.7 Å². The van der Waals surface area contributed by atoms with Gasteiger partial charge in [0, 0.05) is 23.8 Å². The molecule has 2 aromatic rings. The lowest BCUT2D eigenvalue weighted by Gasteiger charge is -2.27. The molecule has 2 rings (SSSR count). The zero-order valence-electron chi connectivity index (χ0n) is 16.0. The zero-order chi connectivity index (χ0) is 18.9. The van der Waals surface area contributed by atoms with E-state index in [4.69, 9.17) is 9.47 Å². The van der Waals surface area contributed by atoms with Crippen LogP contribution in [0, 0.1) is 0 Å². The molecule has 0 unspecified atom stereocenters. The number of hydrogen-bond acceptors (Lipinski definition) is 4. The highest BCUT2D eigenvalue weighted by Crippen LogP contribution is 2.18. The summed E-state index contributed by atoms with van der Waals surface area (Å²) in [5, 5.41) is 2.87. The van der Waals surface area contributed by atoms with Crippen LogP contribution in [0.3, 0.4) is 0 Å². The second-order valence-corrected chi connectivity index (χ2v) is 6.21. The third kappa shape index (κ3) is 5.41. The monoisotopic (exact) mass is 356 g/mol. The van der Waals surface area contributed by atoms with Crippen molar-refractivity contribution in [2.24, 2.45) is 0 Å². The molecule has 2 aromatic carbocycles. The van der Waals surface area contributed by atoms with E-state index in [1.54, 1.807) is 7.11 Å². The van der Waals surface area contributed by atoms with E-state index in [2.05, 4.69) is 31.0 Å². The van der Waals surface area contributed by atoms with Gasteiger partial charge in [-0.05, 0) is 69.3 Å². The van der Waals surface area contributed by atoms with Crippen LogP contribution in [0.2, 0.25) is 0 Å². The quantitative estimate of drug-likeness (QED) is 0.696. The molecule has 1 amide bonds. The maximum atomic E-state index is 12.2. The van der Waals surface area contributed by atoms with Gasteiger partial charge in [-0.1, -0.05) is 0 Å². The molecule has 0 aromatic heterocycles. The fourth-order valence-electron chi connectivity index (χ4n) is 2.76. The van der Waals surface area contributed by atoms with Crippen LogP contribution in [-0.2, 0) is 0 Å². The maximum absolute atomic E-state index is 12.2. The first-order chi connectivity index (χ1) is 12.5. The van der Waals surface area contributed by atoms with E-state index in [-0.39, 0.29) is 5.91 Å². The van der Waals surface area contributed by atoms with Crippen LogP contribution >= 0.6 is 0 Å². The van der Waals surface area contributed by atoms with Crippen LogP contribution in [0.15, 0.2) is 48.5 Å². The van der Waals surface area contributed by atoms with Crippen molar-refractivity contribution in [1.29, 1.82) is 0 Å². The first-order valence-electron chi connectivity index (χ1n) is 8.97. The maximum Gasteiger partial charge on any atom is 0.251 e. The van der Waals surface area contributed by atoms with Gasteiger partial charge >= 0.3 is 0 Å². The summed E-state index contributed by atoms with van der Waals surface area (Å²) in [5.41, 5.74) is 1.78. The Morgan fingerprint density at radius 1 is 1.04 bits per heavy atom. The fourth-order valence-corrected chi connectivity index (χ4v) is 2.76. The van der Waals surface area contributed by atoms with E-state index >= 15 is 0 Å². The van der Waals surface area contributed by atoms with Crippen LogP contribution in [0.4, 0.5) is 5.69 Å². The van der Waals surface area contributed by atoms with E-state index in [0.717, 1.165) is 23.7 Å². The van der Waals surface area contributed by atoms with Crippen LogP contribution in [-0.4, -0.2) is 38.8 Å². The summed E-state index contributed by atoms with van der Waals surface area (Å²) >= 11 is 0. The van der Waals surface area contributed by atoms with Crippen molar-refractivity contribution in [1.82, 2.24) is 5.32 Å². The van der Waals surface area contributed by atoms with Crippen LogP contribution in [0.25, 0.3) is 0 Å². The van der Waals surface area contributed by atoms with Crippen LogP contribution in [0.1, 0.15) is 31.1 Å². The number of anilines is 1. The summed E-state index contributed by atoms with van der Waals surface area (Å²) < 4.78 is 10.7. The normalized spacial score (nSPS) is 10.5. The van der Waals surface area contributed by atoms with Gasteiger partial charge < -0.3 is 19.7 Å². The lowest BCUT2D eigenvalue weighted by molar-refractivity contribution is 0.0947. The molecule has 0 atom stereocenters. The van der Waals surface area contributed by atoms with Crippen LogP contribution < -0.4 is 19.7 Å². The van der Waals surface area contributed by atoms with Gasteiger partial charge in [0.15, 0.2) is 0 Å². The molecule has 5 heteroatoms. The molecule has 0 aliphatic carbocycles. The Kier molecular flexibility index (Phi) is 7.33. The van der Waals surface area contributed by atoms with Gasteiger partial charge in [-0.25, -0.2) is 0 Å². The van der Waals surface area contributed by atoms with E-state index in [9.17, 15) is 4.79 Å². The second-order valence-electron chi connectivity index (χ2n) is 6.21. The third-order valence-corrected chi connectivity index (χ3v) is 4.14. The summed E-state index contributed by atoms with van der Waals surface area (Å²) in [4.78, 5) is 14.5. The smallest absolute Gasteiger partial charge is 0.251 e. The summed E-state index contributed by atoms with van der Waals surface area (Å²) in [7, 11) is 1.63. The number of carbonyl (C=O) groups is 1. The minimum Gasteiger partial charge on any atom is -0.497 e. The Hall–Kier alpha value is -2.69. The molecule has 26 heavy (non-hydrogen) atoms. The van der Waals surface area contributed by atoms with Crippen molar-refractivity contribution < 1.29 is 14.3 Å². The molecule has 0 heterocycles. The molecular formula is C21H28N2O3. The van der Waals surface area contributed by atoms with E-state index in [1.807, 2.05) is 48.5 Å². The Bertz CT molecular complexity index is 681. The number of rotatable bonds is 9. The topological polar surface area (TPSA) is 50.8 Å². The van der Waals surface area contributed by atoms with E-state index in [0.29, 0.717) is 24.8 Å². The third-order valence-electron chi connectivity index (χ3n) is 4.14. The SMILES string of the molecule is CCN(c1ccc(C(=O)NCCOc2ccc(OC)cc2)cc1)C(C)C. The van der Waals surface area contributed by atoms with Crippen molar-refractivity contribution in [3.05, 3.63) is 54.1 Å². The van der Waals surface area contributed by atoms with Gasteiger partial charge in [0.1, 0.15) is 18.1 Å². The average molecular weight is 356 g/mol. The van der Waals surface area contributed by atoms with Crippen molar-refractivity contribution in [2.45, 2.75) is 26.8 Å². The molecule has 0 spiro atoms. The van der Waals surface area contributed by atoms with E-state index < -0.39 is 0 Å². The highest BCUT2D eigenvalue weighted by molar-refractivity contribution is 5.94. The highest BCUT2D eigenvalue weighted by Gasteiger charge is 2.10. The van der Waals surface area contributed by atoms with Crippen molar-refractivity contribution in [3.63, 3.8) is 0 Å². The predicted octanol–water partition coefficient (Wildman–Crippen LogP) is 3.74. The first kappa shape index (κ1) is 19.6. The Balaban J connectivity index is 1.80. The molecule has 140 valence electrons. The summed E-state index contributed by atoms with van der Waals surface area (Å²) in [5.74, 6) is 1.44. The fraction of sp³-hybridized carbons (Fsp3) is 0.381. The number of nitrogens with one attached hydrogen (secondary N) is 1. The molecule has 0 aliphatic rings. The minimum absolute atomic E-state index is 0.0949. The number of carbonyl (C=O) groups excluding carboxylic acids is 1. The largest absolute Gasteiger partial charge is 0.497 e. The molecule has 0 bridgehead atoms. The van der Waals surface area contributed by atoms with Gasteiger partial charge in [-0.15, -0.1) is 0 Å². The molecule has 0 aliphatic heterocycles. The zero-order valence-corrected chi connectivity index (χ0v) is 16.0. The highest BCUT2D eigenvalue weighted by atomic mass is 16.5. The van der Waals surface area contributed by atoms with Gasteiger partial charge in [0.25, 0.3) is 5.91 Å². The second kappa shape index (κ2) is 9.70. The molecule has 0 radical (unpaired) electrons. The average Bonchev–Trinajstić information content (AvgIpc) is 2.66. The number of nitrogens with zero attached hydrogens (tertiary/aromatic N) is 1. The van der Waals surface area contributed by atoms with Gasteiger partial charge in [-0.3, -0.25) is 4.79 Å². The van der Waals surface area contributed by atoms with Crippen molar-refractivity contribution >= 4 is 11.6 Å². The summed E-state index contributed by atoms with van der Waals surface area (Å²) in [6, 6.07) is 15.5. The molecule has 1 N–H and O–H groups in total. The van der Waals surface area contributed by atoms with E-state index in [1.165, 1.54) is 0 Å². The number of benzene rings is 2. The minimum atomic E-state index is -0.0949. The lowest BCUT2D eigenvalue weighted by atomic mass is 10.1. The Labute approximate surface area is 155 Å². The first-order valence-corrected chi connectivity index (χ1v) is 8.97. The van der Waals surface area contributed by atoms with Gasteiger partial charge in [0.05, 0.1) is 13.7 Å². The van der Waals surface area contributed by atoms with Gasteiger partial charge in [0.2, 0.25) is 0 Å². The van der Waals surface area contributed by atoms with Gasteiger partial charge in [-0.2, -0.15) is 0 Å². The number of amides is 1. The Morgan fingerprint density at radius 2 is 1.65 bits per heavy atom. The summed E-state index contributed by atoms with van der Waals surface area (Å²) in [6.45, 7) is 8.24. The molecule has 0 saturated carbocycles. The molecular weight excluding hydrogens is 328 g/mol. The molecule has 0 saturated heterocycles. The number of ether oxygens (including phenoxy) is 2.